The van der Waals surface area contributed by atoms with E-state index < -0.39 is 22.8 Å². The molecule has 4 atom stereocenters. The van der Waals surface area contributed by atoms with Gasteiger partial charge in [0, 0.05) is 55.2 Å². The van der Waals surface area contributed by atoms with Gasteiger partial charge in [0.05, 0.1) is 12.1 Å². The van der Waals surface area contributed by atoms with Crippen LogP contribution < -0.4 is 21.4 Å². The van der Waals surface area contributed by atoms with E-state index >= 15 is 0 Å². The van der Waals surface area contributed by atoms with Gasteiger partial charge in [0.15, 0.2) is 11.2 Å². The average molecular weight is 541 g/mol. The second-order valence-electron chi connectivity index (χ2n) is 10.8. The molecular weight excluding hydrogens is 508 g/mol. The first-order chi connectivity index (χ1) is 19.3. The van der Waals surface area contributed by atoms with Gasteiger partial charge in [-0.3, -0.25) is 0 Å². The van der Waals surface area contributed by atoms with Gasteiger partial charge in [-0.15, -0.1) is 0 Å². The summed E-state index contributed by atoms with van der Waals surface area (Å²) in [4.78, 5) is 25.5. The van der Waals surface area contributed by atoms with Crippen LogP contribution in [0.3, 0.4) is 0 Å². The monoisotopic (exact) mass is 540 g/mol. The van der Waals surface area contributed by atoms with E-state index in [4.69, 9.17) is 19.6 Å². The molecule has 0 saturated carbocycles. The number of ether oxygens (including phenoxy) is 2. The van der Waals surface area contributed by atoms with Gasteiger partial charge in [-0.2, -0.15) is 0 Å². The molecular formula is C32H32N2O6. The van der Waals surface area contributed by atoms with Gasteiger partial charge in [-0.05, 0) is 54.3 Å². The zero-order valence-electron chi connectivity index (χ0n) is 22.5. The number of hydrogen-bond donors (Lipinski definition) is 3. The number of esters is 1. The summed E-state index contributed by atoms with van der Waals surface area (Å²) in [6.07, 6.45) is 8.24. The Kier molecular flexibility index (Phi) is 6.40. The van der Waals surface area contributed by atoms with Crippen LogP contribution >= 0.6 is 0 Å². The van der Waals surface area contributed by atoms with Gasteiger partial charge in [0.1, 0.15) is 11.3 Å². The lowest BCUT2D eigenvalue weighted by atomic mass is 9.59. The average Bonchev–Trinajstić information content (AvgIpc) is 3.31. The van der Waals surface area contributed by atoms with Crippen molar-refractivity contribution in [2.75, 3.05) is 6.61 Å². The fraction of sp³-hybridized carbons (Fsp3) is 0.312. The standard InChI is InChI=1S/C32H32N2O6/c1-3-19(12-13-35)30(37)40-31(2)16-21-6-4-5-7-24(21)29(22-8-10-27(33)34-18-22)32(31)17-23-14-20-9-11-28(36)38-25(20)15-26(23)39-32/h3-11,14-15,18,27,29,34-35H,12-13,16-17,33H2,1-2H3/b19-3+/t27?,29-,31+,32-/m1/s1. The Morgan fingerprint density at radius 2 is 2.02 bits per heavy atom. The molecule has 1 unspecified atom stereocenters. The number of hydrogen-bond acceptors (Lipinski definition) is 8. The van der Waals surface area contributed by atoms with Crippen molar-refractivity contribution < 1.29 is 23.8 Å². The molecule has 3 heterocycles. The van der Waals surface area contributed by atoms with Crippen molar-refractivity contribution in [3.05, 3.63) is 111 Å². The number of aliphatic hydroxyl groups is 1. The highest BCUT2D eigenvalue weighted by Crippen LogP contribution is 2.58. The SMILES string of the molecule is C/C=C(\CCO)C(=O)O[C@@]1(C)Cc2ccccc2[C@@H](C2=CNC(N)C=C2)[C@]12Cc1cc3ccc(=O)oc3cc1O2. The lowest BCUT2D eigenvalue weighted by Crippen LogP contribution is -2.65. The molecule has 8 nitrogen and oxygen atoms in total. The molecule has 40 heavy (non-hydrogen) atoms. The van der Waals surface area contributed by atoms with Gasteiger partial charge >= 0.3 is 11.6 Å². The van der Waals surface area contributed by atoms with Crippen LogP contribution in [0.5, 0.6) is 5.75 Å². The smallest absolute Gasteiger partial charge is 0.336 e. The third kappa shape index (κ3) is 4.15. The largest absolute Gasteiger partial charge is 0.481 e. The van der Waals surface area contributed by atoms with Gasteiger partial charge < -0.3 is 30.0 Å². The Bertz CT molecular complexity index is 1650. The number of nitrogens with one attached hydrogen (secondary N) is 1. The number of allylic oxidation sites excluding steroid dienone is 2. The molecule has 0 fully saturated rings. The number of carbonyl (C=O) groups excluding carboxylic acids is 1. The predicted molar refractivity (Wildman–Crippen MR) is 151 cm³/mol. The Balaban J connectivity index is 1.55. The number of carbonyl (C=O) groups is 1. The second kappa shape index (κ2) is 9.80. The molecule has 3 aliphatic rings. The second-order valence-corrected chi connectivity index (χ2v) is 10.8. The number of fused-ring (bicyclic) bond motifs is 3. The quantitative estimate of drug-likeness (QED) is 0.254. The lowest BCUT2D eigenvalue weighted by Gasteiger charge is -2.53. The molecule has 0 radical (unpaired) electrons. The molecule has 0 bridgehead atoms. The number of rotatable bonds is 5. The van der Waals surface area contributed by atoms with Crippen molar-refractivity contribution in [2.24, 2.45) is 5.73 Å². The van der Waals surface area contributed by atoms with Crippen LogP contribution in [-0.2, 0) is 22.4 Å². The van der Waals surface area contributed by atoms with Crippen LogP contribution in [0.4, 0.5) is 0 Å². The van der Waals surface area contributed by atoms with E-state index in [0.29, 0.717) is 29.7 Å². The van der Waals surface area contributed by atoms with Crippen LogP contribution in [0, 0.1) is 0 Å². The van der Waals surface area contributed by atoms with Crippen molar-refractivity contribution in [3.8, 4) is 5.75 Å². The van der Waals surface area contributed by atoms with E-state index in [1.54, 1.807) is 25.1 Å². The normalized spacial score (nSPS) is 27.0. The fourth-order valence-corrected chi connectivity index (χ4v) is 6.41. The zero-order valence-corrected chi connectivity index (χ0v) is 22.5. The molecule has 1 aromatic heterocycles. The summed E-state index contributed by atoms with van der Waals surface area (Å²) >= 11 is 0. The van der Waals surface area contributed by atoms with E-state index in [0.717, 1.165) is 27.6 Å². The number of nitrogens with two attached hydrogens (primary N) is 1. The highest BCUT2D eigenvalue weighted by atomic mass is 16.6. The van der Waals surface area contributed by atoms with E-state index in [1.807, 2.05) is 43.5 Å². The fourth-order valence-electron chi connectivity index (χ4n) is 6.41. The number of dihydropyridines is 1. The summed E-state index contributed by atoms with van der Waals surface area (Å²) in [7, 11) is 0. The minimum atomic E-state index is -1.12. The van der Waals surface area contributed by atoms with Crippen molar-refractivity contribution in [1.29, 1.82) is 0 Å². The van der Waals surface area contributed by atoms with E-state index in [-0.39, 0.29) is 25.1 Å². The van der Waals surface area contributed by atoms with Crippen molar-refractivity contribution >= 4 is 16.9 Å². The molecule has 0 amide bonds. The lowest BCUT2D eigenvalue weighted by molar-refractivity contribution is -0.184. The van der Waals surface area contributed by atoms with Crippen LogP contribution in [-0.4, -0.2) is 35.1 Å². The van der Waals surface area contributed by atoms with Crippen molar-refractivity contribution in [2.45, 2.75) is 56.4 Å². The van der Waals surface area contributed by atoms with E-state index in [2.05, 4.69) is 17.4 Å². The summed E-state index contributed by atoms with van der Waals surface area (Å²) in [5.41, 5.74) is 8.33. The minimum Gasteiger partial charge on any atom is -0.481 e. The van der Waals surface area contributed by atoms with Gasteiger partial charge in [0.2, 0.25) is 0 Å². The molecule has 4 N–H and O–H groups in total. The highest BCUT2D eigenvalue weighted by molar-refractivity contribution is 5.89. The van der Waals surface area contributed by atoms with E-state index in [9.17, 15) is 14.7 Å². The highest BCUT2D eigenvalue weighted by Gasteiger charge is 2.64. The molecule has 1 spiro atoms. The first-order valence-electron chi connectivity index (χ1n) is 13.5. The minimum absolute atomic E-state index is 0.161. The van der Waals surface area contributed by atoms with Crippen LogP contribution in [0.1, 0.15) is 42.9 Å². The van der Waals surface area contributed by atoms with E-state index in [1.165, 1.54) is 6.07 Å². The van der Waals surface area contributed by atoms with Gasteiger partial charge in [0.25, 0.3) is 0 Å². The number of benzene rings is 2. The maximum atomic E-state index is 13.6. The predicted octanol–water partition coefficient (Wildman–Crippen LogP) is 3.77. The summed E-state index contributed by atoms with van der Waals surface area (Å²) in [6.45, 7) is 3.53. The number of aliphatic hydroxyl groups excluding tert-OH is 1. The molecule has 6 rings (SSSR count). The maximum absolute atomic E-state index is 13.6. The summed E-state index contributed by atoms with van der Waals surface area (Å²) < 4.78 is 18.9. The molecule has 206 valence electrons. The van der Waals surface area contributed by atoms with Gasteiger partial charge in [-0.1, -0.05) is 36.4 Å². The first-order valence-corrected chi connectivity index (χ1v) is 13.5. The topological polar surface area (TPSA) is 124 Å². The Hall–Kier alpha value is -4.14. The van der Waals surface area contributed by atoms with Crippen LogP contribution in [0.2, 0.25) is 0 Å². The third-order valence-electron chi connectivity index (χ3n) is 8.38. The zero-order chi connectivity index (χ0) is 28.1. The molecule has 8 heteroatoms. The Morgan fingerprint density at radius 1 is 1.20 bits per heavy atom. The van der Waals surface area contributed by atoms with Crippen LogP contribution in [0.25, 0.3) is 11.0 Å². The summed E-state index contributed by atoms with van der Waals surface area (Å²) in [5.74, 6) is -0.235. The first kappa shape index (κ1) is 26.1. The third-order valence-corrected chi connectivity index (χ3v) is 8.38. The summed E-state index contributed by atoms with van der Waals surface area (Å²) in [5, 5.41) is 13.5. The Morgan fingerprint density at radius 3 is 2.77 bits per heavy atom. The van der Waals surface area contributed by atoms with Crippen molar-refractivity contribution in [1.82, 2.24) is 5.32 Å². The van der Waals surface area contributed by atoms with Crippen LogP contribution in [0.15, 0.2) is 93.3 Å². The molecule has 0 saturated heterocycles. The van der Waals surface area contributed by atoms with Crippen molar-refractivity contribution in [3.63, 3.8) is 0 Å². The molecule has 1 aliphatic carbocycles. The summed E-state index contributed by atoms with van der Waals surface area (Å²) in [6, 6.07) is 15.0. The van der Waals surface area contributed by atoms with Gasteiger partial charge in [-0.25, -0.2) is 9.59 Å². The Labute approximate surface area is 231 Å². The molecule has 2 aromatic carbocycles. The maximum Gasteiger partial charge on any atom is 0.336 e. The molecule has 3 aromatic rings. The molecule has 2 aliphatic heterocycles.